The number of halogens is 1. The van der Waals surface area contributed by atoms with Crippen LogP contribution in [0.1, 0.15) is 16.1 Å². The summed E-state index contributed by atoms with van der Waals surface area (Å²) in [5, 5.41) is 12.8. The highest BCUT2D eigenvalue weighted by Gasteiger charge is 2.24. The predicted octanol–water partition coefficient (Wildman–Crippen LogP) is 6.95. The van der Waals surface area contributed by atoms with E-state index in [-0.39, 0.29) is 17.3 Å². The highest BCUT2D eigenvalue weighted by Crippen LogP contribution is 2.40. The minimum Gasteiger partial charge on any atom is -0.508 e. The van der Waals surface area contributed by atoms with Gasteiger partial charge in [0.05, 0.1) is 0 Å². The van der Waals surface area contributed by atoms with Crippen LogP contribution >= 0.6 is 15.9 Å². The zero-order valence-corrected chi connectivity index (χ0v) is 16.8. The highest BCUT2D eigenvalue weighted by atomic mass is 79.9. The molecule has 0 fully saturated rings. The summed E-state index contributed by atoms with van der Waals surface area (Å²) in [5.41, 5.74) is 2.67. The van der Waals surface area contributed by atoms with E-state index in [9.17, 15) is 9.90 Å². The summed E-state index contributed by atoms with van der Waals surface area (Å²) in [6.07, 6.45) is 0. The molecule has 140 valence electrons. The minimum atomic E-state index is -0.204. The van der Waals surface area contributed by atoms with Crippen LogP contribution in [0.15, 0.2) is 93.8 Å². The summed E-state index contributed by atoms with van der Waals surface area (Å²) in [7, 11) is 0. The Balaban J connectivity index is 1.84. The van der Waals surface area contributed by atoms with E-state index in [0.717, 1.165) is 31.8 Å². The van der Waals surface area contributed by atoms with E-state index in [2.05, 4.69) is 15.9 Å². The summed E-state index contributed by atoms with van der Waals surface area (Å²) in [6.45, 7) is 0. The fourth-order valence-electron chi connectivity index (χ4n) is 3.72. The van der Waals surface area contributed by atoms with Gasteiger partial charge in [0, 0.05) is 27.1 Å². The van der Waals surface area contributed by atoms with Gasteiger partial charge in [-0.15, -0.1) is 0 Å². The molecular weight excluding hydrogens is 428 g/mol. The lowest BCUT2D eigenvalue weighted by molar-refractivity contribution is 0.101. The molecule has 4 heteroatoms. The van der Waals surface area contributed by atoms with Crippen LogP contribution < -0.4 is 0 Å². The van der Waals surface area contributed by atoms with Crippen LogP contribution in [0.5, 0.6) is 5.75 Å². The number of benzene rings is 4. The monoisotopic (exact) mass is 442 g/mol. The molecule has 0 aliphatic rings. The number of hydrogen-bond acceptors (Lipinski definition) is 3. The lowest BCUT2D eigenvalue weighted by Gasteiger charge is -2.08. The molecular formula is C25H15BrO3. The van der Waals surface area contributed by atoms with Crippen molar-refractivity contribution >= 4 is 43.5 Å². The van der Waals surface area contributed by atoms with Gasteiger partial charge in [0.15, 0.2) is 5.76 Å². The van der Waals surface area contributed by atoms with Crippen molar-refractivity contribution in [3.8, 4) is 16.9 Å². The molecule has 1 heterocycles. The number of fused-ring (bicyclic) bond motifs is 2. The summed E-state index contributed by atoms with van der Waals surface area (Å²) in [5.74, 6) is 0.155. The van der Waals surface area contributed by atoms with Crippen molar-refractivity contribution in [1.82, 2.24) is 0 Å². The molecule has 3 nitrogen and oxygen atoms in total. The second kappa shape index (κ2) is 6.90. The van der Waals surface area contributed by atoms with Crippen molar-refractivity contribution in [2.45, 2.75) is 0 Å². The number of phenolic OH excluding ortho intramolecular Hbond substituents is 1. The Morgan fingerprint density at radius 3 is 2.48 bits per heavy atom. The van der Waals surface area contributed by atoms with Crippen LogP contribution in [0.25, 0.3) is 32.9 Å². The lowest BCUT2D eigenvalue weighted by atomic mass is 9.94. The molecule has 0 saturated heterocycles. The maximum absolute atomic E-state index is 13.4. The van der Waals surface area contributed by atoms with Gasteiger partial charge in [0.1, 0.15) is 11.3 Å². The number of carbonyl (C=O) groups excluding carboxylic acids is 1. The van der Waals surface area contributed by atoms with Gasteiger partial charge in [-0.05, 0) is 40.6 Å². The first-order valence-electron chi connectivity index (χ1n) is 9.16. The number of phenols is 1. The van der Waals surface area contributed by atoms with Gasteiger partial charge in [0.2, 0.25) is 5.78 Å². The molecule has 4 aromatic carbocycles. The molecule has 0 aliphatic carbocycles. The summed E-state index contributed by atoms with van der Waals surface area (Å²) in [6, 6.07) is 26.3. The quantitative estimate of drug-likeness (QED) is 0.307. The van der Waals surface area contributed by atoms with Gasteiger partial charge in [-0.3, -0.25) is 4.79 Å². The number of rotatable bonds is 3. The number of ketones is 1. The average molecular weight is 443 g/mol. The van der Waals surface area contributed by atoms with Crippen LogP contribution in [0.2, 0.25) is 0 Å². The van der Waals surface area contributed by atoms with Crippen LogP contribution in [0.3, 0.4) is 0 Å². The van der Waals surface area contributed by atoms with Crippen molar-refractivity contribution in [2.75, 3.05) is 0 Å². The van der Waals surface area contributed by atoms with E-state index < -0.39 is 0 Å². The average Bonchev–Trinajstić information content (AvgIpc) is 3.11. The fourth-order valence-corrected chi connectivity index (χ4v) is 4.12. The smallest absolute Gasteiger partial charge is 0.228 e. The van der Waals surface area contributed by atoms with Crippen molar-refractivity contribution < 1.29 is 14.3 Å². The van der Waals surface area contributed by atoms with Crippen LogP contribution in [-0.2, 0) is 0 Å². The Morgan fingerprint density at radius 1 is 0.828 bits per heavy atom. The van der Waals surface area contributed by atoms with Gasteiger partial charge >= 0.3 is 0 Å². The van der Waals surface area contributed by atoms with Crippen molar-refractivity contribution in [3.63, 3.8) is 0 Å². The first-order valence-corrected chi connectivity index (χ1v) is 9.95. The Morgan fingerprint density at radius 2 is 1.62 bits per heavy atom. The van der Waals surface area contributed by atoms with Crippen LogP contribution in [0, 0.1) is 0 Å². The molecule has 0 spiro atoms. The maximum Gasteiger partial charge on any atom is 0.228 e. The Hall–Kier alpha value is -3.37. The fraction of sp³-hybridized carbons (Fsp3) is 0. The summed E-state index contributed by atoms with van der Waals surface area (Å²) in [4.78, 5) is 13.4. The molecule has 0 unspecified atom stereocenters. The van der Waals surface area contributed by atoms with Gasteiger partial charge in [0.25, 0.3) is 0 Å². The standard InChI is InChI=1S/C25H15BrO3/c26-17-8-3-7-16(13-17)24(28)25-23(21-12-11-18(27)14-22(21)29-25)20-10-4-6-15-5-1-2-9-19(15)20/h1-14,27H. The molecule has 0 amide bonds. The van der Waals surface area contributed by atoms with Gasteiger partial charge in [-0.1, -0.05) is 70.5 Å². The number of aromatic hydroxyl groups is 1. The third-order valence-corrected chi connectivity index (χ3v) is 5.52. The van der Waals surface area contributed by atoms with E-state index in [4.69, 9.17) is 4.42 Å². The van der Waals surface area contributed by atoms with E-state index in [0.29, 0.717) is 11.1 Å². The molecule has 0 radical (unpaired) electrons. The second-order valence-corrected chi connectivity index (χ2v) is 7.77. The molecule has 1 aromatic heterocycles. The number of furan rings is 1. The van der Waals surface area contributed by atoms with Gasteiger partial charge in [-0.2, -0.15) is 0 Å². The first kappa shape index (κ1) is 17.7. The zero-order valence-electron chi connectivity index (χ0n) is 15.2. The minimum absolute atomic E-state index is 0.0946. The van der Waals surface area contributed by atoms with Crippen LogP contribution in [-0.4, -0.2) is 10.9 Å². The van der Waals surface area contributed by atoms with E-state index in [1.807, 2.05) is 54.6 Å². The Bertz CT molecular complexity index is 1390. The Labute approximate surface area is 175 Å². The van der Waals surface area contributed by atoms with Crippen molar-refractivity contribution in [1.29, 1.82) is 0 Å². The lowest BCUT2D eigenvalue weighted by Crippen LogP contribution is -2.01. The number of carbonyl (C=O) groups is 1. The molecule has 0 aliphatic heterocycles. The highest BCUT2D eigenvalue weighted by molar-refractivity contribution is 9.10. The van der Waals surface area contributed by atoms with E-state index in [1.165, 1.54) is 0 Å². The third-order valence-electron chi connectivity index (χ3n) is 5.03. The molecule has 0 bridgehead atoms. The zero-order chi connectivity index (χ0) is 20.0. The molecule has 5 aromatic rings. The largest absolute Gasteiger partial charge is 0.508 e. The number of hydrogen-bond donors (Lipinski definition) is 1. The van der Waals surface area contributed by atoms with E-state index in [1.54, 1.807) is 30.3 Å². The molecule has 29 heavy (non-hydrogen) atoms. The molecule has 0 atom stereocenters. The predicted molar refractivity (Wildman–Crippen MR) is 118 cm³/mol. The molecule has 0 saturated carbocycles. The maximum atomic E-state index is 13.4. The van der Waals surface area contributed by atoms with Crippen molar-refractivity contribution in [2.24, 2.45) is 0 Å². The third kappa shape index (κ3) is 3.02. The summed E-state index contributed by atoms with van der Waals surface area (Å²) >= 11 is 3.43. The molecule has 1 N–H and O–H groups in total. The van der Waals surface area contributed by atoms with Gasteiger partial charge in [-0.25, -0.2) is 0 Å². The van der Waals surface area contributed by atoms with Crippen LogP contribution in [0.4, 0.5) is 0 Å². The second-order valence-electron chi connectivity index (χ2n) is 6.85. The topological polar surface area (TPSA) is 50.4 Å². The van der Waals surface area contributed by atoms with Gasteiger partial charge < -0.3 is 9.52 Å². The SMILES string of the molecule is O=C(c1cccc(Br)c1)c1oc2cc(O)ccc2c1-c1cccc2ccccc12. The normalized spacial score (nSPS) is 11.2. The Kier molecular flexibility index (Phi) is 4.22. The van der Waals surface area contributed by atoms with E-state index >= 15 is 0 Å². The summed E-state index contributed by atoms with van der Waals surface area (Å²) < 4.78 is 6.84. The first-order chi connectivity index (χ1) is 14.1. The van der Waals surface area contributed by atoms with Crippen molar-refractivity contribution in [3.05, 3.63) is 101 Å². The molecule has 5 rings (SSSR count).